The molecule has 0 saturated carbocycles. The van der Waals surface area contributed by atoms with Crippen LogP contribution in [0.25, 0.3) is 0 Å². The maximum atomic E-state index is 12.1. The lowest BCUT2D eigenvalue weighted by Crippen LogP contribution is -2.61. The van der Waals surface area contributed by atoms with E-state index in [2.05, 4.69) is 20.9 Å². The molecular weight excluding hydrogens is 244 g/mol. The third kappa shape index (κ3) is 3.67. The zero-order chi connectivity index (χ0) is 13.7. The molecule has 6 heteroatoms. The van der Waals surface area contributed by atoms with Gasteiger partial charge in [-0.1, -0.05) is 0 Å². The van der Waals surface area contributed by atoms with Crippen molar-refractivity contribution in [1.29, 1.82) is 0 Å². The summed E-state index contributed by atoms with van der Waals surface area (Å²) in [6.45, 7) is 5.72. The Morgan fingerprint density at radius 3 is 3.11 bits per heavy atom. The second-order valence-electron chi connectivity index (χ2n) is 5.20. The fourth-order valence-corrected chi connectivity index (χ4v) is 2.93. The number of nitrogens with zero attached hydrogens (tertiary/aromatic N) is 1. The maximum absolute atomic E-state index is 12.1. The van der Waals surface area contributed by atoms with Crippen LogP contribution in [0.15, 0.2) is 0 Å². The molecule has 0 aliphatic carbocycles. The van der Waals surface area contributed by atoms with Gasteiger partial charge in [0.25, 0.3) is 0 Å². The van der Waals surface area contributed by atoms with Crippen molar-refractivity contribution in [2.24, 2.45) is 0 Å². The average Bonchev–Trinajstić information content (AvgIpc) is 2.64. The van der Waals surface area contributed by atoms with E-state index in [9.17, 15) is 9.59 Å². The van der Waals surface area contributed by atoms with Gasteiger partial charge in [0.1, 0.15) is 6.04 Å². The largest absolute Gasteiger partial charge is 0.356 e. The fourth-order valence-electron chi connectivity index (χ4n) is 2.93. The molecule has 2 unspecified atom stereocenters. The Morgan fingerprint density at radius 1 is 1.47 bits per heavy atom. The SMILES string of the molecule is CCNC(=O)C1CNCCN1C1CCCNC(=O)C1. The van der Waals surface area contributed by atoms with Gasteiger partial charge in [-0.25, -0.2) is 0 Å². The highest BCUT2D eigenvalue weighted by atomic mass is 16.2. The van der Waals surface area contributed by atoms with Crippen LogP contribution in [-0.4, -0.2) is 61.5 Å². The van der Waals surface area contributed by atoms with Crippen molar-refractivity contribution in [3.05, 3.63) is 0 Å². The maximum Gasteiger partial charge on any atom is 0.238 e. The van der Waals surface area contributed by atoms with E-state index in [1.54, 1.807) is 0 Å². The standard InChI is InChI=1S/C13H24N4O2/c1-2-15-13(19)11-9-14-6-7-17(11)10-4-3-5-16-12(18)8-10/h10-11,14H,2-9H2,1H3,(H,15,19)(H,16,18). The third-order valence-electron chi connectivity index (χ3n) is 3.86. The van der Waals surface area contributed by atoms with E-state index < -0.39 is 0 Å². The van der Waals surface area contributed by atoms with Crippen LogP contribution in [-0.2, 0) is 9.59 Å². The molecule has 6 nitrogen and oxygen atoms in total. The predicted octanol–water partition coefficient (Wildman–Crippen LogP) is -0.935. The number of hydrogen-bond acceptors (Lipinski definition) is 4. The van der Waals surface area contributed by atoms with Gasteiger partial charge in [0.15, 0.2) is 0 Å². The average molecular weight is 268 g/mol. The number of carbonyl (C=O) groups excluding carboxylic acids is 2. The Labute approximate surface area is 114 Å². The van der Waals surface area contributed by atoms with Gasteiger partial charge in [-0.3, -0.25) is 14.5 Å². The van der Waals surface area contributed by atoms with E-state index in [1.807, 2.05) is 6.92 Å². The minimum Gasteiger partial charge on any atom is -0.356 e. The van der Waals surface area contributed by atoms with Gasteiger partial charge in [0.05, 0.1) is 0 Å². The van der Waals surface area contributed by atoms with Crippen molar-refractivity contribution in [2.45, 2.75) is 38.3 Å². The molecule has 2 amide bonds. The zero-order valence-corrected chi connectivity index (χ0v) is 11.6. The molecule has 2 saturated heterocycles. The summed E-state index contributed by atoms with van der Waals surface area (Å²) in [6, 6.07) is 0.0433. The van der Waals surface area contributed by atoms with Crippen LogP contribution in [0.1, 0.15) is 26.2 Å². The van der Waals surface area contributed by atoms with E-state index in [0.717, 1.165) is 32.5 Å². The quantitative estimate of drug-likeness (QED) is 0.618. The summed E-state index contributed by atoms with van der Waals surface area (Å²) in [5.74, 6) is 0.176. The van der Waals surface area contributed by atoms with Crippen LogP contribution in [0.2, 0.25) is 0 Å². The number of piperazine rings is 1. The van der Waals surface area contributed by atoms with Gasteiger partial charge in [-0.15, -0.1) is 0 Å². The normalized spacial score (nSPS) is 29.4. The molecule has 3 N–H and O–H groups in total. The highest BCUT2D eigenvalue weighted by Gasteiger charge is 2.34. The number of amides is 2. The first-order chi connectivity index (χ1) is 9.22. The Bertz CT molecular complexity index is 335. The van der Waals surface area contributed by atoms with Gasteiger partial charge in [0.2, 0.25) is 11.8 Å². The fraction of sp³-hybridized carbons (Fsp3) is 0.846. The summed E-state index contributed by atoms with van der Waals surface area (Å²) in [5, 5.41) is 9.06. The molecule has 2 aliphatic heterocycles. The van der Waals surface area contributed by atoms with Crippen molar-refractivity contribution >= 4 is 11.8 Å². The molecule has 2 atom stereocenters. The summed E-state index contributed by atoms with van der Waals surface area (Å²) < 4.78 is 0. The molecule has 0 spiro atoms. The smallest absolute Gasteiger partial charge is 0.238 e. The molecule has 0 radical (unpaired) electrons. The number of carbonyl (C=O) groups is 2. The number of hydrogen-bond donors (Lipinski definition) is 3. The van der Waals surface area contributed by atoms with Gasteiger partial charge >= 0.3 is 0 Å². The molecular formula is C13H24N4O2. The topological polar surface area (TPSA) is 73.5 Å². The Kier molecular flexibility index (Phi) is 5.15. The van der Waals surface area contributed by atoms with Crippen molar-refractivity contribution in [3.63, 3.8) is 0 Å². The third-order valence-corrected chi connectivity index (χ3v) is 3.86. The molecule has 19 heavy (non-hydrogen) atoms. The van der Waals surface area contributed by atoms with Crippen LogP contribution in [0.5, 0.6) is 0 Å². The summed E-state index contributed by atoms with van der Waals surface area (Å²) >= 11 is 0. The number of likely N-dealkylation sites (N-methyl/N-ethyl adjacent to an activating group) is 1. The molecule has 2 fully saturated rings. The second-order valence-corrected chi connectivity index (χ2v) is 5.20. The minimum absolute atomic E-state index is 0.0688. The molecule has 2 aliphatic rings. The van der Waals surface area contributed by atoms with Gasteiger partial charge in [0, 0.05) is 45.2 Å². The monoisotopic (exact) mass is 268 g/mol. The number of nitrogens with one attached hydrogen (secondary N) is 3. The van der Waals surface area contributed by atoms with Crippen molar-refractivity contribution < 1.29 is 9.59 Å². The lowest BCUT2D eigenvalue weighted by atomic mass is 10.0. The van der Waals surface area contributed by atoms with Crippen molar-refractivity contribution in [1.82, 2.24) is 20.9 Å². The van der Waals surface area contributed by atoms with Crippen LogP contribution < -0.4 is 16.0 Å². The lowest BCUT2D eigenvalue weighted by molar-refractivity contribution is -0.130. The minimum atomic E-state index is -0.149. The van der Waals surface area contributed by atoms with Crippen LogP contribution in [0.4, 0.5) is 0 Å². The molecule has 0 aromatic carbocycles. The van der Waals surface area contributed by atoms with E-state index in [1.165, 1.54) is 0 Å². The highest BCUT2D eigenvalue weighted by Crippen LogP contribution is 2.18. The van der Waals surface area contributed by atoms with E-state index in [4.69, 9.17) is 0 Å². The molecule has 108 valence electrons. The Morgan fingerprint density at radius 2 is 2.32 bits per heavy atom. The predicted molar refractivity (Wildman–Crippen MR) is 72.7 cm³/mol. The van der Waals surface area contributed by atoms with Crippen LogP contribution >= 0.6 is 0 Å². The summed E-state index contributed by atoms with van der Waals surface area (Å²) in [4.78, 5) is 26.0. The first-order valence-electron chi connectivity index (χ1n) is 7.23. The molecule has 2 heterocycles. The molecule has 0 aromatic rings. The van der Waals surface area contributed by atoms with Gasteiger partial charge < -0.3 is 16.0 Å². The van der Waals surface area contributed by atoms with Crippen LogP contribution in [0.3, 0.4) is 0 Å². The van der Waals surface area contributed by atoms with Crippen molar-refractivity contribution in [2.75, 3.05) is 32.7 Å². The molecule has 2 rings (SSSR count). The first-order valence-corrected chi connectivity index (χ1v) is 7.23. The summed E-state index contributed by atoms with van der Waals surface area (Å²) in [7, 11) is 0. The van der Waals surface area contributed by atoms with Crippen LogP contribution in [0, 0.1) is 0 Å². The lowest BCUT2D eigenvalue weighted by Gasteiger charge is -2.40. The van der Waals surface area contributed by atoms with Crippen molar-refractivity contribution in [3.8, 4) is 0 Å². The summed E-state index contributed by atoms with van der Waals surface area (Å²) in [5.41, 5.74) is 0. The number of rotatable bonds is 3. The van der Waals surface area contributed by atoms with E-state index >= 15 is 0 Å². The zero-order valence-electron chi connectivity index (χ0n) is 11.6. The summed E-state index contributed by atoms with van der Waals surface area (Å²) in [6.07, 6.45) is 2.48. The second kappa shape index (κ2) is 6.86. The van der Waals surface area contributed by atoms with E-state index in [-0.39, 0.29) is 23.9 Å². The Balaban J connectivity index is 2.05. The first kappa shape index (κ1) is 14.3. The molecule has 0 aromatic heterocycles. The molecule has 0 bridgehead atoms. The van der Waals surface area contributed by atoms with E-state index in [0.29, 0.717) is 19.5 Å². The Hall–Kier alpha value is -1.14. The van der Waals surface area contributed by atoms with Gasteiger partial charge in [-0.2, -0.15) is 0 Å². The highest BCUT2D eigenvalue weighted by molar-refractivity contribution is 5.82. The van der Waals surface area contributed by atoms with Gasteiger partial charge in [-0.05, 0) is 19.8 Å².